The molecule has 0 radical (unpaired) electrons. The highest BCUT2D eigenvalue weighted by molar-refractivity contribution is 6.30. The molecule has 0 saturated carbocycles. The summed E-state index contributed by atoms with van der Waals surface area (Å²) in [5, 5.41) is 0.721. The standard InChI is InChI=1S/C13H16ClNO2/c1-9-6-12(13(16)17-9)15(2)8-10-4-3-5-11(14)7-10/h3-5,7,9,12H,6,8H2,1-2H3/t9-,12+/m0/s1. The molecule has 0 N–H and O–H groups in total. The Hall–Kier alpha value is -1.06. The molecule has 1 heterocycles. The summed E-state index contributed by atoms with van der Waals surface area (Å²) in [5.74, 6) is -0.123. The molecule has 0 aromatic heterocycles. The fourth-order valence-corrected chi connectivity index (χ4v) is 2.34. The highest BCUT2D eigenvalue weighted by Crippen LogP contribution is 2.21. The molecule has 2 atom stereocenters. The van der Waals surface area contributed by atoms with Crippen LogP contribution in [0.1, 0.15) is 18.9 Å². The number of ether oxygens (including phenoxy) is 1. The molecule has 0 amide bonds. The van der Waals surface area contributed by atoms with Crippen molar-refractivity contribution < 1.29 is 9.53 Å². The van der Waals surface area contributed by atoms with Crippen LogP contribution in [-0.4, -0.2) is 30.1 Å². The van der Waals surface area contributed by atoms with Crippen molar-refractivity contribution in [2.24, 2.45) is 0 Å². The Morgan fingerprint density at radius 2 is 2.29 bits per heavy atom. The molecule has 2 rings (SSSR count). The Bertz CT molecular complexity index is 422. The largest absolute Gasteiger partial charge is 0.461 e. The van der Waals surface area contributed by atoms with Crippen LogP contribution >= 0.6 is 11.6 Å². The third-order valence-corrected chi connectivity index (χ3v) is 3.23. The maximum Gasteiger partial charge on any atom is 0.323 e. The number of hydrogen-bond acceptors (Lipinski definition) is 3. The second-order valence-electron chi connectivity index (χ2n) is 4.54. The average Bonchev–Trinajstić information content (AvgIpc) is 2.58. The van der Waals surface area contributed by atoms with Crippen LogP contribution in [0.15, 0.2) is 24.3 Å². The Labute approximate surface area is 106 Å². The number of halogens is 1. The van der Waals surface area contributed by atoms with Crippen molar-refractivity contribution in [1.29, 1.82) is 0 Å². The number of likely N-dealkylation sites (N-methyl/N-ethyl adjacent to an activating group) is 1. The Balaban J connectivity index is 2.02. The van der Waals surface area contributed by atoms with Crippen molar-refractivity contribution in [2.45, 2.75) is 32.0 Å². The van der Waals surface area contributed by atoms with Gasteiger partial charge in [0.05, 0.1) is 0 Å². The molecule has 92 valence electrons. The summed E-state index contributed by atoms with van der Waals surface area (Å²) in [7, 11) is 1.94. The van der Waals surface area contributed by atoms with E-state index in [-0.39, 0.29) is 18.1 Å². The molecule has 17 heavy (non-hydrogen) atoms. The van der Waals surface area contributed by atoms with Crippen LogP contribution in [0.4, 0.5) is 0 Å². The lowest BCUT2D eigenvalue weighted by Gasteiger charge is -2.21. The van der Waals surface area contributed by atoms with Gasteiger partial charge < -0.3 is 4.74 Å². The van der Waals surface area contributed by atoms with Gasteiger partial charge in [0.15, 0.2) is 0 Å². The minimum atomic E-state index is -0.135. The number of carbonyl (C=O) groups is 1. The van der Waals surface area contributed by atoms with Crippen molar-refractivity contribution in [3.8, 4) is 0 Å². The number of esters is 1. The van der Waals surface area contributed by atoms with Crippen molar-refractivity contribution in [3.05, 3.63) is 34.9 Å². The SMILES string of the molecule is C[C@H]1C[C@@H](N(C)Cc2cccc(Cl)c2)C(=O)O1. The number of hydrogen-bond donors (Lipinski definition) is 0. The number of cyclic esters (lactones) is 1. The Kier molecular flexibility index (Phi) is 3.69. The summed E-state index contributed by atoms with van der Waals surface area (Å²) in [6.45, 7) is 2.62. The van der Waals surface area contributed by atoms with Gasteiger partial charge in [-0.15, -0.1) is 0 Å². The van der Waals surface area contributed by atoms with Gasteiger partial charge in [-0.05, 0) is 31.7 Å². The number of rotatable bonds is 3. The lowest BCUT2D eigenvalue weighted by atomic mass is 10.1. The van der Waals surface area contributed by atoms with Crippen LogP contribution in [0.3, 0.4) is 0 Å². The molecule has 1 aliphatic heterocycles. The van der Waals surface area contributed by atoms with Crippen molar-refractivity contribution in [1.82, 2.24) is 4.90 Å². The Morgan fingerprint density at radius 1 is 1.53 bits per heavy atom. The highest BCUT2D eigenvalue weighted by atomic mass is 35.5. The lowest BCUT2D eigenvalue weighted by molar-refractivity contribution is -0.144. The molecule has 1 aromatic carbocycles. The zero-order chi connectivity index (χ0) is 12.4. The first-order chi connectivity index (χ1) is 8.06. The van der Waals surface area contributed by atoms with E-state index in [9.17, 15) is 4.79 Å². The van der Waals surface area contributed by atoms with Crippen LogP contribution in [0.2, 0.25) is 5.02 Å². The second kappa shape index (κ2) is 5.07. The molecule has 3 nitrogen and oxygen atoms in total. The number of benzene rings is 1. The van der Waals surface area contributed by atoms with Crippen molar-refractivity contribution in [2.75, 3.05) is 7.05 Å². The van der Waals surface area contributed by atoms with Gasteiger partial charge in [0.25, 0.3) is 0 Å². The fraction of sp³-hybridized carbons (Fsp3) is 0.462. The third-order valence-electron chi connectivity index (χ3n) is 3.00. The van der Waals surface area contributed by atoms with Gasteiger partial charge in [0.1, 0.15) is 12.1 Å². The first-order valence-corrected chi connectivity index (χ1v) is 6.09. The summed E-state index contributed by atoms with van der Waals surface area (Å²) in [6.07, 6.45) is 0.782. The summed E-state index contributed by atoms with van der Waals surface area (Å²) < 4.78 is 5.15. The minimum absolute atomic E-state index is 0.0225. The van der Waals surface area contributed by atoms with E-state index in [2.05, 4.69) is 0 Å². The highest BCUT2D eigenvalue weighted by Gasteiger charge is 2.34. The fourth-order valence-electron chi connectivity index (χ4n) is 2.13. The quantitative estimate of drug-likeness (QED) is 0.775. The van der Waals surface area contributed by atoms with E-state index >= 15 is 0 Å². The molecule has 4 heteroatoms. The molecular weight excluding hydrogens is 238 g/mol. The van der Waals surface area contributed by atoms with Crippen LogP contribution in [0.25, 0.3) is 0 Å². The second-order valence-corrected chi connectivity index (χ2v) is 4.98. The normalized spacial score (nSPS) is 24.1. The zero-order valence-corrected chi connectivity index (χ0v) is 10.8. The van der Waals surface area contributed by atoms with E-state index in [0.717, 1.165) is 17.0 Å². The van der Waals surface area contributed by atoms with E-state index in [1.165, 1.54) is 0 Å². The van der Waals surface area contributed by atoms with Gasteiger partial charge >= 0.3 is 5.97 Å². The van der Waals surface area contributed by atoms with E-state index < -0.39 is 0 Å². The molecule has 1 aliphatic rings. The molecule has 0 spiro atoms. The third kappa shape index (κ3) is 2.99. The van der Waals surface area contributed by atoms with Gasteiger partial charge in [-0.25, -0.2) is 0 Å². The smallest absolute Gasteiger partial charge is 0.323 e. The maximum atomic E-state index is 11.6. The average molecular weight is 254 g/mol. The maximum absolute atomic E-state index is 11.6. The predicted molar refractivity (Wildman–Crippen MR) is 66.9 cm³/mol. The number of nitrogens with zero attached hydrogens (tertiary/aromatic N) is 1. The van der Waals surface area contributed by atoms with E-state index in [1.807, 2.05) is 43.1 Å². The molecular formula is C13H16ClNO2. The van der Waals surface area contributed by atoms with Crippen LogP contribution in [0.5, 0.6) is 0 Å². The van der Waals surface area contributed by atoms with Gasteiger partial charge in [0, 0.05) is 18.0 Å². The van der Waals surface area contributed by atoms with Crippen molar-refractivity contribution in [3.63, 3.8) is 0 Å². The van der Waals surface area contributed by atoms with Crippen LogP contribution in [-0.2, 0) is 16.1 Å². The monoisotopic (exact) mass is 253 g/mol. The lowest BCUT2D eigenvalue weighted by Crippen LogP contribution is -2.34. The summed E-state index contributed by atoms with van der Waals surface area (Å²) >= 11 is 5.93. The van der Waals surface area contributed by atoms with Crippen LogP contribution < -0.4 is 0 Å². The van der Waals surface area contributed by atoms with Crippen LogP contribution in [0, 0.1) is 0 Å². The minimum Gasteiger partial charge on any atom is -0.461 e. The molecule has 1 aromatic rings. The number of carbonyl (C=O) groups excluding carboxylic acids is 1. The summed E-state index contributed by atoms with van der Waals surface area (Å²) in [6, 6.07) is 7.55. The first kappa shape index (κ1) is 12.4. The van der Waals surface area contributed by atoms with Crippen molar-refractivity contribution >= 4 is 17.6 Å². The molecule has 1 saturated heterocycles. The Morgan fingerprint density at radius 3 is 2.88 bits per heavy atom. The van der Waals surface area contributed by atoms with E-state index in [0.29, 0.717) is 6.54 Å². The molecule has 0 bridgehead atoms. The van der Waals surface area contributed by atoms with E-state index in [1.54, 1.807) is 0 Å². The zero-order valence-electron chi connectivity index (χ0n) is 10.0. The predicted octanol–water partition coefficient (Wildman–Crippen LogP) is 2.48. The topological polar surface area (TPSA) is 29.5 Å². The summed E-state index contributed by atoms with van der Waals surface area (Å²) in [5.41, 5.74) is 1.10. The van der Waals surface area contributed by atoms with Gasteiger partial charge in [-0.1, -0.05) is 23.7 Å². The van der Waals surface area contributed by atoms with Gasteiger partial charge in [0.2, 0.25) is 0 Å². The molecule has 0 unspecified atom stereocenters. The van der Waals surface area contributed by atoms with E-state index in [4.69, 9.17) is 16.3 Å². The van der Waals surface area contributed by atoms with Gasteiger partial charge in [-0.2, -0.15) is 0 Å². The molecule has 0 aliphatic carbocycles. The summed E-state index contributed by atoms with van der Waals surface area (Å²) in [4.78, 5) is 13.6. The first-order valence-electron chi connectivity index (χ1n) is 5.71. The van der Waals surface area contributed by atoms with Gasteiger partial charge in [-0.3, -0.25) is 9.69 Å². The molecule has 1 fully saturated rings.